The monoisotopic (exact) mass is 392 g/mol. The first kappa shape index (κ1) is 18.7. The van der Waals surface area contributed by atoms with E-state index in [1.54, 1.807) is 9.91 Å². The van der Waals surface area contributed by atoms with E-state index in [2.05, 4.69) is 4.90 Å². The highest BCUT2D eigenvalue weighted by atomic mass is 19.1. The van der Waals surface area contributed by atoms with E-state index in [0.29, 0.717) is 39.3 Å². The SMILES string of the molecule is CN1CCN(c2c(F)cc3c(=O)c(C(=O)O)cn(N4CCCC4)c3c2F)CC1. The molecule has 2 aliphatic rings. The minimum Gasteiger partial charge on any atom is -0.477 e. The molecule has 28 heavy (non-hydrogen) atoms. The minimum atomic E-state index is -1.41. The van der Waals surface area contributed by atoms with Crippen LogP contribution >= 0.6 is 0 Å². The summed E-state index contributed by atoms with van der Waals surface area (Å²) in [5.74, 6) is -3.08. The van der Waals surface area contributed by atoms with E-state index in [-0.39, 0.29) is 16.6 Å². The molecule has 0 atom stereocenters. The second kappa shape index (κ2) is 7.05. The predicted octanol–water partition coefficient (Wildman–Crippen LogP) is 1.46. The van der Waals surface area contributed by atoms with Crippen molar-refractivity contribution in [3.8, 4) is 0 Å². The Kier molecular flexibility index (Phi) is 4.70. The summed E-state index contributed by atoms with van der Waals surface area (Å²) in [5, 5.41) is 10.9. The Hall–Kier alpha value is -2.68. The molecule has 0 radical (unpaired) electrons. The molecule has 2 aliphatic heterocycles. The van der Waals surface area contributed by atoms with Crippen molar-refractivity contribution >= 4 is 22.6 Å². The molecule has 1 aromatic carbocycles. The summed E-state index contributed by atoms with van der Waals surface area (Å²) in [6, 6.07) is 0.980. The molecule has 0 spiro atoms. The van der Waals surface area contributed by atoms with Gasteiger partial charge in [0.15, 0.2) is 5.82 Å². The summed E-state index contributed by atoms with van der Waals surface area (Å²) in [6.07, 6.45) is 2.92. The third kappa shape index (κ3) is 2.99. The minimum absolute atomic E-state index is 0.0628. The molecule has 1 aromatic heterocycles. The Morgan fingerprint density at radius 1 is 1.07 bits per heavy atom. The molecule has 0 unspecified atom stereocenters. The molecular formula is C19H22F2N4O3. The lowest BCUT2D eigenvalue weighted by atomic mass is 10.1. The lowest BCUT2D eigenvalue weighted by Gasteiger charge is -2.35. The quantitative estimate of drug-likeness (QED) is 0.853. The first-order chi connectivity index (χ1) is 13.4. The number of halogens is 2. The van der Waals surface area contributed by atoms with Gasteiger partial charge in [-0.1, -0.05) is 0 Å². The highest BCUT2D eigenvalue weighted by Crippen LogP contribution is 2.31. The Bertz CT molecular complexity index is 993. The molecule has 150 valence electrons. The van der Waals surface area contributed by atoms with Gasteiger partial charge in [0, 0.05) is 45.5 Å². The molecule has 0 saturated carbocycles. The maximum Gasteiger partial charge on any atom is 0.341 e. The van der Waals surface area contributed by atoms with E-state index in [1.807, 2.05) is 7.05 Å². The van der Waals surface area contributed by atoms with Gasteiger partial charge in [0.1, 0.15) is 22.6 Å². The molecule has 7 nitrogen and oxygen atoms in total. The van der Waals surface area contributed by atoms with E-state index < -0.39 is 28.6 Å². The van der Waals surface area contributed by atoms with Crippen LogP contribution in [0.1, 0.15) is 23.2 Å². The fraction of sp³-hybridized carbons (Fsp3) is 0.474. The van der Waals surface area contributed by atoms with E-state index in [1.165, 1.54) is 4.68 Å². The highest BCUT2D eigenvalue weighted by molar-refractivity contribution is 5.94. The number of pyridine rings is 1. The third-order valence-electron chi connectivity index (χ3n) is 5.58. The zero-order valence-electron chi connectivity index (χ0n) is 15.6. The van der Waals surface area contributed by atoms with Crippen LogP contribution in [0.3, 0.4) is 0 Å². The topological polar surface area (TPSA) is 69.0 Å². The molecule has 0 bridgehead atoms. The van der Waals surface area contributed by atoms with Gasteiger partial charge in [-0.25, -0.2) is 13.6 Å². The highest BCUT2D eigenvalue weighted by Gasteiger charge is 2.28. The first-order valence-electron chi connectivity index (χ1n) is 9.38. The number of piperazine rings is 1. The smallest absolute Gasteiger partial charge is 0.341 e. The summed E-state index contributed by atoms with van der Waals surface area (Å²) in [5.41, 5.74) is -1.59. The number of aromatic nitrogens is 1. The third-order valence-corrected chi connectivity index (χ3v) is 5.58. The van der Waals surface area contributed by atoms with Gasteiger partial charge in [0.25, 0.3) is 0 Å². The van der Waals surface area contributed by atoms with Crippen molar-refractivity contribution in [2.45, 2.75) is 12.8 Å². The number of carbonyl (C=O) groups is 1. The maximum absolute atomic E-state index is 15.6. The number of rotatable bonds is 3. The van der Waals surface area contributed by atoms with Gasteiger partial charge < -0.3 is 19.9 Å². The average molecular weight is 392 g/mol. The Morgan fingerprint density at radius 2 is 1.71 bits per heavy atom. The van der Waals surface area contributed by atoms with Crippen LogP contribution in [0.4, 0.5) is 14.5 Å². The molecule has 4 rings (SSSR count). The van der Waals surface area contributed by atoms with Gasteiger partial charge in [-0.15, -0.1) is 0 Å². The van der Waals surface area contributed by atoms with Crippen LogP contribution in [-0.4, -0.2) is 67.0 Å². The number of fused-ring (bicyclic) bond motifs is 1. The zero-order chi connectivity index (χ0) is 20.0. The van der Waals surface area contributed by atoms with Gasteiger partial charge in [-0.2, -0.15) is 0 Å². The predicted molar refractivity (Wildman–Crippen MR) is 102 cm³/mol. The van der Waals surface area contributed by atoms with Crippen LogP contribution in [0.15, 0.2) is 17.1 Å². The summed E-state index contributed by atoms with van der Waals surface area (Å²) in [4.78, 5) is 27.8. The lowest BCUT2D eigenvalue weighted by molar-refractivity contribution is 0.0694. The largest absolute Gasteiger partial charge is 0.477 e. The second-order valence-corrected chi connectivity index (χ2v) is 7.39. The van der Waals surface area contributed by atoms with Crippen LogP contribution in [0.5, 0.6) is 0 Å². The molecule has 0 aliphatic carbocycles. The Labute approximate surface area is 160 Å². The molecule has 2 aromatic rings. The van der Waals surface area contributed by atoms with Crippen molar-refractivity contribution in [2.75, 3.05) is 56.2 Å². The molecule has 2 fully saturated rings. The average Bonchev–Trinajstić information content (AvgIpc) is 3.18. The molecule has 9 heteroatoms. The van der Waals surface area contributed by atoms with Crippen molar-refractivity contribution < 1.29 is 18.7 Å². The van der Waals surface area contributed by atoms with Gasteiger partial charge >= 0.3 is 5.97 Å². The zero-order valence-corrected chi connectivity index (χ0v) is 15.6. The van der Waals surface area contributed by atoms with Crippen molar-refractivity contribution in [3.05, 3.63) is 39.7 Å². The van der Waals surface area contributed by atoms with Crippen LogP contribution in [0.25, 0.3) is 10.9 Å². The first-order valence-corrected chi connectivity index (χ1v) is 9.38. The van der Waals surface area contributed by atoms with Gasteiger partial charge in [0.05, 0.1) is 5.39 Å². The Morgan fingerprint density at radius 3 is 2.32 bits per heavy atom. The second-order valence-electron chi connectivity index (χ2n) is 7.39. The van der Waals surface area contributed by atoms with Crippen LogP contribution < -0.4 is 15.3 Å². The van der Waals surface area contributed by atoms with Gasteiger partial charge in [0.2, 0.25) is 5.43 Å². The van der Waals surface area contributed by atoms with E-state index >= 15 is 4.39 Å². The summed E-state index contributed by atoms with van der Waals surface area (Å²) >= 11 is 0. The number of anilines is 1. The number of nitrogens with zero attached hydrogens (tertiary/aromatic N) is 4. The fourth-order valence-electron chi connectivity index (χ4n) is 4.00. The van der Waals surface area contributed by atoms with Crippen LogP contribution in [-0.2, 0) is 0 Å². The molecule has 0 amide bonds. The van der Waals surface area contributed by atoms with Crippen molar-refractivity contribution in [1.29, 1.82) is 0 Å². The lowest BCUT2D eigenvalue weighted by Crippen LogP contribution is -2.45. The summed E-state index contributed by atoms with van der Waals surface area (Å²) in [6.45, 7) is 3.50. The van der Waals surface area contributed by atoms with Gasteiger partial charge in [-0.3, -0.25) is 9.47 Å². The standard InChI is InChI=1S/C19H22F2N4O3/c1-22-6-8-23(9-7-22)17-14(20)10-12-16(15(17)21)25(24-4-2-3-5-24)11-13(18(12)26)19(27)28/h10-11H,2-9H2,1H3,(H,27,28). The molecule has 1 N–H and O–H groups in total. The van der Waals surface area contributed by atoms with Crippen LogP contribution in [0, 0.1) is 11.6 Å². The van der Waals surface area contributed by atoms with Crippen molar-refractivity contribution in [1.82, 2.24) is 9.58 Å². The number of carboxylic acids is 1. The number of aromatic carboxylic acids is 1. The number of benzene rings is 1. The number of hydrogen-bond acceptors (Lipinski definition) is 5. The number of likely N-dealkylation sites (N-methyl/N-ethyl adjacent to an activating group) is 1. The van der Waals surface area contributed by atoms with E-state index in [9.17, 15) is 19.1 Å². The summed E-state index contributed by atoms with van der Waals surface area (Å²) in [7, 11) is 1.95. The van der Waals surface area contributed by atoms with Crippen molar-refractivity contribution in [2.24, 2.45) is 0 Å². The number of carboxylic acid groups (broad SMARTS) is 1. The van der Waals surface area contributed by atoms with E-state index in [4.69, 9.17) is 0 Å². The maximum atomic E-state index is 15.6. The Balaban J connectivity index is 1.97. The number of hydrogen-bond donors (Lipinski definition) is 1. The fourth-order valence-corrected chi connectivity index (χ4v) is 4.00. The molecule has 2 saturated heterocycles. The van der Waals surface area contributed by atoms with Crippen molar-refractivity contribution in [3.63, 3.8) is 0 Å². The van der Waals surface area contributed by atoms with E-state index in [0.717, 1.165) is 25.1 Å². The molecule has 3 heterocycles. The van der Waals surface area contributed by atoms with Gasteiger partial charge in [-0.05, 0) is 26.0 Å². The normalized spacial score (nSPS) is 18.2. The summed E-state index contributed by atoms with van der Waals surface area (Å²) < 4.78 is 31.9. The molecular weight excluding hydrogens is 370 g/mol. The van der Waals surface area contributed by atoms with Crippen LogP contribution in [0.2, 0.25) is 0 Å².